The van der Waals surface area contributed by atoms with Crippen molar-refractivity contribution in [3.05, 3.63) is 39.9 Å². The van der Waals surface area contributed by atoms with Gasteiger partial charge in [-0.05, 0) is 6.07 Å². The molecule has 0 radical (unpaired) electrons. The van der Waals surface area contributed by atoms with Gasteiger partial charge in [-0.25, -0.2) is 0 Å². The normalized spacial score (nSPS) is 24.1. The Morgan fingerprint density at radius 3 is 2.93 bits per heavy atom. The maximum absolute atomic E-state index is 10.8. The standard InChI is InChI=1S/C10H11NO4/c1-14-10-7-4-2-3-5-9(7)15-6-8(10)11(12)13/h2-5,8,10H,6H2,1H3. The number of hydrogen-bond donors (Lipinski definition) is 0. The molecule has 0 saturated heterocycles. The average Bonchev–Trinajstić information content (AvgIpc) is 2.27. The third-order valence-electron chi connectivity index (χ3n) is 2.51. The predicted molar refractivity (Wildman–Crippen MR) is 52.5 cm³/mol. The van der Waals surface area contributed by atoms with Gasteiger partial charge < -0.3 is 9.47 Å². The highest BCUT2D eigenvalue weighted by molar-refractivity contribution is 5.37. The minimum Gasteiger partial charge on any atom is -0.486 e. The number of rotatable bonds is 2. The smallest absolute Gasteiger partial charge is 0.276 e. The molecule has 1 aromatic carbocycles. The summed E-state index contributed by atoms with van der Waals surface area (Å²) in [7, 11) is 1.48. The van der Waals surface area contributed by atoms with Crippen LogP contribution in [0.15, 0.2) is 24.3 Å². The van der Waals surface area contributed by atoms with Gasteiger partial charge in [0, 0.05) is 17.6 Å². The van der Waals surface area contributed by atoms with Crippen LogP contribution in [0.2, 0.25) is 0 Å². The summed E-state index contributed by atoms with van der Waals surface area (Å²) in [5, 5.41) is 10.8. The van der Waals surface area contributed by atoms with E-state index in [2.05, 4.69) is 0 Å². The number of ether oxygens (including phenoxy) is 2. The average molecular weight is 209 g/mol. The number of nitro groups is 1. The Labute approximate surface area is 86.8 Å². The van der Waals surface area contributed by atoms with Gasteiger partial charge in [-0.2, -0.15) is 0 Å². The first-order valence-corrected chi connectivity index (χ1v) is 4.62. The van der Waals surface area contributed by atoms with E-state index in [1.165, 1.54) is 7.11 Å². The van der Waals surface area contributed by atoms with Gasteiger partial charge in [0.1, 0.15) is 5.75 Å². The van der Waals surface area contributed by atoms with E-state index in [0.29, 0.717) is 5.75 Å². The number of fused-ring (bicyclic) bond motifs is 1. The van der Waals surface area contributed by atoms with Crippen LogP contribution in [0.4, 0.5) is 0 Å². The molecule has 0 bridgehead atoms. The summed E-state index contributed by atoms with van der Waals surface area (Å²) in [6, 6.07) is 6.40. The quantitative estimate of drug-likeness (QED) is 0.545. The van der Waals surface area contributed by atoms with Crippen molar-refractivity contribution in [2.45, 2.75) is 12.1 Å². The fourth-order valence-corrected chi connectivity index (χ4v) is 1.77. The highest BCUT2D eigenvalue weighted by atomic mass is 16.6. The van der Waals surface area contributed by atoms with Crippen LogP contribution in [-0.2, 0) is 4.74 Å². The number of nitrogens with zero attached hydrogens (tertiary/aromatic N) is 1. The summed E-state index contributed by atoms with van der Waals surface area (Å²) < 4.78 is 10.5. The van der Waals surface area contributed by atoms with Crippen LogP contribution < -0.4 is 4.74 Å². The lowest BCUT2D eigenvalue weighted by Crippen LogP contribution is -2.38. The second-order valence-corrected chi connectivity index (χ2v) is 3.36. The summed E-state index contributed by atoms with van der Waals surface area (Å²) in [6.45, 7) is 0.0581. The van der Waals surface area contributed by atoms with Crippen LogP contribution in [0.5, 0.6) is 5.75 Å². The lowest BCUT2D eigenvalue weighted by molar-refractivity contribution is -0.540. The van der Waals surface area contributed by atoms with Crippen molar-refractivity contribution in [3.63, 3.8) is 0 Å². The van der Waals surface area contributed by atoms with E-state index in [0.717, 1.165) is 5.56 Å². The van der Waals surface area contributed by atoms with Crippen LogP contribution in [0.3, 0.4) is 0 Å². The first-order chi connectivity index (χ1) is 7.24. The molecule has 0 amide bonds. The second kappa shape index (κ2) is 3.86. The fourth-order valence-electron chi connectivity index (χ4n) is 1.77. The summed E-state index contributed by atoms with van der Waals surface area (Å²) in [5.41, 5.74) is 0.743. The molecule has 0 fully saturated rings. The minimum absolute atomic E-state index is 0.0581. The van der Waals surface area contributed by atoms with Crippen LogP contribution in [-0.4, -0.2) is 24.7 Å². The van der Waals surface area contributed by atoms with E-state index >= 15 is 0 Å². The van der Waals surface area contributed by atoms with E-state index in [9.17, 15) is 10.1 Å². The Balaban J connectivity index is 2.38. The molecule has 1 aliphatic rings. The van der Waals surface area contributed by atoms with Gasteiger partial charge in [-0.15, -0.1) is 0 Å². The van der Waals surface area contributed by atoms with Crippen molar-refractivity contribution in [3.8, 4) is 5.75 Å². The van der Waals surface area contributed by atoms with Crippen LogP contribution >= 0.6 is 0 Å². The molecule has 5 nitrogen and oxygen atoms in total. The highest BCUT2D eigenvalue weighted by Crippen LogP contribution is 2.34. The summed E-state index contributed by atoms with van der Waals surface area (Å²) >= 11 is 0. The molecule has 1 aromatic rings. The zero-order chi connectivity index (χ0) is 10.8. The van der Waals surface area contributed by atoms with Crippen LogP contribution in [0.25, 0.3) is 0 Å². The zero-order valence-corrected chi connectivity index (χ0v) is 8.25. The lowest BCUT2D eigenvalue weighted by Gasteiger charge is -2.27. The molecule has 15 heavy (non-hydrogen) atoms. The lowest BCUT2D eigenvalue weighted by atomic mass is 9.99. The number of benzene rings is 1. The molecule has 2 atom stereocenters. The number of para-hydroxylation sites is 1. The molecule has 0 saturated carbocycles. The molecule has 2 unspecified atom stereocenters. The van der Waals surface area contributed by atoms with E-state index in [1.54, 1.807) is 12.1 Å². The monoisotopic (exact) mass is 209 g/mol. The Hall–Kier alpha value is -1.62. The van der Waals surface area contributed by atoms with Crippen molar-refractivity contribution in [1.82, 2.24) is 0 Å². The Bertz CT molecular complexity index is 379. The third kappa shape index (κ3) is 1.66. The molecule has 2 rings (SSSR count). The third-order valence-corrected chi connectivity index (χ3v) is 2.51. The molecule has 0 aromatic heterocycles. The molecule has 80 valence electrons. The summed E-state index contributed by atoms with van der Waals surface area (Å²) in [5.74, 6) is 0.669. The first kappa shape index (κ1) is 9.92. The molecular weight excluding hydrogens is 198 g/mol. The SMILES string of the molecule is COC1c2ccccc2OCC1[N+](=O)[O-]. The maximum Gasteiger partial charge on any atom is 0.276 e. The molecule has 1 heterocycles. The second-order valence-electron chi connectivity index (χ2n) is 3.36. The first-order valence-electron chi connectivity index (χ1n) is 4.62. The van der Waals surface area contributed by atoms with Gasteiger partial charge >= 0.3 is 0 Å². The highest BCUT2D eigenvalue weighted by Gasteiger charge is 2.39. The largest absolute Gasteiger partial charge is 0.486 e. The van der Waals surface area contributed by atoms with Gasteiger partial charge in [-0.1, -0.05) is 18.2 Å². The van der Waals surface area contributed by atoms with E-state index < -0.39 is 12.1 Å². The van der Waals surface area contributed by atoms with Crippen molar-refractivity contribution in [1.29, 1.82) is 0 Å². The number of hydrogen-bond acceptors (Lipinski definition) is 4. The number of methoxy groups -OCH3 is 1. The van der Waals surface area contributed by atoms with E-state index in [1.807, 2.05) is 12.1 Å². The fraction of sp³-hybridized carbons (Fsp3) is 0.400. The Morgan fingerprint density at radius 2 is 2.27 bits per heavy atom. The minimum atomic E-state index is -0.829. The topological polar surface area (TPSA) is 61.6 Å². The molecule has 5 heteroatoms. The molecule has 0 N–H and O–H groups in total. The Kier molecular flexibility index (Phi) is 2.55. The molecule has 0 spiro atoms. The predicted octanol–water partition coefficient (Wildman–Crippen LogP) is 1.41. The van der Waals surface area contributed by atoms with E-state index in [4.69, 9.17) is 9.47 Å². The van der Waals surface area contributed by atoms with Crippen LogP contribution in [0, 0.1) is 10.1 Å². The van der Waals surface area contributed by atoms with Crippen molar-refractivity contribution >= 4 is 0 Å². The molecular formula is C10H11NO4. The van der Waals surface area contributed by atoms with Gasteiger partial charge in [0.25, 0.3) is 6.04 Å². The zero-order valence-electron chi connectivity index (χ0n) is 8.25. The van der Waals surface area contributed by atoms with Gasteiger partial charge in [-0.3, -0.25) is 10.1 Å². The van der Waals surface area contributed by atoms with E-state index in [-0.39, 0.29) is 11.5 Å². The Morgan fingerprint density at radius 1 is 1.53 bits per heavy atom. The van der Waals surface area contributed by atoms with Crippen molar-refractivity contribution < 1.29 is 14.4 Å². The maximum atomic E-state index is 10.8. The summed E-state index contributed by atoms with van der Waals surface area (Å²) in [4.78, 5) is 10.4. The van der Waals surface area contributed by atoms with Gasteiger partial charge in [0.2, 0.25) is 0 Å². The molecule has 0 aliphatic carbocycles. The van der Waals surface area contributed by atoms with Crippen molar-refractivity contribution in [2.24, 2.45) is 0 Å². The molecule has 1 aliphatic heterocycles. The van der Waals surface area contributed by atoms with Crippen LogP contribution in [0.1, 0.15) is 11.7 Å². The van der Waals surface area contributed by atoms with Gasteiger partial charge in [0.05, 0.1) is 0 Å². The summed E-state index contributed by atoms with van der Waals surface area (Å²) in [6.07, 6.45) is -0.523. The van der Waals surface area contributed by atoms with Gasteiger partial charge in [0.15, 0.2) is 12.7 Å². The van der Waals surface area contributed by atoms with Crippen molar-refractivity contribution in [2.75, 3.05) is 13.7 Å².